The zero-order valence-electron chi connectivity index (χ0n) is 16.7. The van der Waals surface area contributed by atoms with E-state index < -0.39 is 0 Å². The van der Waals surface area contributed by atoms with E-state index in [1.165, 1.54) is 16.4 Å². The number of hydrogen-bond acceptors (Lipinski definition) is 6. The van der Waals surface area contributed by atoms with Crippen LogP contribution in [0.3, 0.4) is 0 Å². The fourth-order valence-corrected chi connectivity index (χ4v) is 4.32. The van der Waals surface area contributed by atoms with Crippen molar-refractivity contribution in [2.24, 2.45) is 0 Å². The van der Waals surface area contributed by atoms with Crippen LogP contribution in [-0.2, 0) is 4.79 Å². The molecule has 2 N–H and O–H groups in total. The molecule has 4 rings (SSSR count). The molecule has 9 heteroatoms. The number of carbonyl (C=O) groups is 1. The third-order valence-electron chi connectivity index (χ3n) is 5.10. The molecule has 0 saturated carbocycles. The Kier molecular flexibility index (Phi) is 6.15. The number of halogens is 1. The molecule has 1 fully saturated rings. The van der Waals surface area contributed by atoms with Crippen LogP contribution in [-0.4, -0.2) is 57.6 Å². The number of nitrogens with two attached hydrogens (primary N) is 1. The van der Waals surface area contributed by atoms with Gasteiger partial charge in [0.25, 0.3) is 0 Å². The molecule has 156 valence electrons. The molecule has 30 heavy (non-hydrogen) atoms. The molecule has 0 atom stereocenters. The second-order valence-corrected chi connectivity index (χ2v) is 8.56. The lowest BCUT2D eigenvalue weighted by Crippen LogP contribution is -2.49. The van der Waals surface area contributed by atoms with Gasteiger partial charge >= 0.3 is 0 Å². The van der Waals surface area contributed by atoms with Crippen molar-refractivity contribution in [3.63, 3.8) is 0 Å². The Morgan fingerprint density at radius 2 is 1.83 bits per heavy atom. The molecule has 1 aliphatic heterocycles. The molecule has 0 bridgehead atoms. The minimum Gasteiger partial charge on any atom is -0.368 e. The first-order valence-corrected chi connectivity index (χ1v) is 11.1. The normalized spacial score (nSPS) is 14.2. The van der Waals surface area contributed by atoms with Gasteiger partial charge in [-0.1, -0.05) is 59.3 Å². The van der Waals surface area contributed by atoms with Crippen molar-refractivity contribution in [3.05, 3.63) is 59.1 Å². The summed E-state index contributed by atoms with van der Waals surface area (Å²) in [6.07, 6.45) is 0. The van der Waals surface area contributed by atoms with E-state index in [-0.39, 0.29) is 11.7 Å². The number of nitrogens with zero attached hydrogens (tertiary/aromatic N) is 5. The molecule has 2 heterocycles. The second-order valence-electron chi connectivity index (χ2n) is 7.18. The molecule has 1 aliphatic rings. The van der Waals surface area contributed by atoms with Crippen LogP contribution >= 0.6 is 23.4 Å². The topological polar surface area (TPSA) is 80.3 Å². The molecule has 0 spiro atoms. The van der Waals surface area contributed by atoms with Gasteiger partial charge in [-0.3, -0.25) is 4.79 Å². The van der Waals surface area contributed by atoms with Gasteiger partial charge < -0.3 is 15.6 Å². The molecule has 0 aliphatic carbocycles. The summed E-state index contributed by atoms with van der Waals surface area (Å²) in [7, 11) is 0. The molecule has 1 aromatic heterocycles. The van der Waals surface area contributed by atoms with E-state index in [4.69, 9.17) is 17.4 Å². The van der Waals surface area contributed by atoms with Crippen LogP contribution in [0.2, 0.25) is 5.02 Å². The van der Waals surface area contributed by atoms with Crippen molar-refractivity contribution in [3.8, 4) is 11.4 Å². The fraction of sp³-hybridized carbons (Fsp3) is 0.286. The van der Waals surface area contributed by atoms with E-state index in [0.717, 1.165) is 34.9 Å². The summed E-state index contributed by atoms with van der Waals surface area (Å²) in [6, 6.07) is 15.7. The van der Waals surface area contributed by atoms with Gasteiger partial charge in [-0.05, 0) is 25.1 Å². The molecule has 3 aromatic rings. The molecule has 1 amide bonds. The van der Waals surface area contributed by atoms with Gasteiger partial charge in [-0.15, -0.1) is 10.2 Å². The van der Waals surface area contributed by atoms with E-state index in [2.05, 4.69) is 15.1 Å². The fourth-order valence-electron chi connectivity index (χ4n) is 3.38. The van der Waals surface area contributed by atoms with Gasteiger partial charge in [0.05, 0.1) is 5.75 Å². The molecular formula is C21H23ClN6OS. The maximum atomic E-state index is 12.7. The molecule has 0 unspecified atom stereocenters. The van der Waals surface area contributed by atoms with E-state index in [1.807, 2.05) is 60.4 Å². The summed E-state index contributed by atoms with van der Waals surface area (Å²) in [5.74, 6) is 7.10. The van der Waals surface area contributed by atoms with Gasteiger partial charge in [0.15, 0.2) is 5.82 Å². The number of rotatable bonds is 5. The molecule has 2 aromatic carbocycles. The van der Waals surface area contributed by atoms with Gasteiger partial charge in [-0.25, -0.2) is 4.68 Å². The number of benzene rings is 2. The molecule has 7 nitrogen and oxygen atoms in total. The smallest absolute Gasteiger partial charge is 0.233 e. The summed E-state index contributed by atoms with van der Waals surface area (Å²) in [6.45, 7) is 4.94. The summed E-state index contributed by atoms with van der Waals surface area (Å²) in [5, 5.41) is 9.58. The number of aromatic nitrogens is 3. The van der Waals surface area contributed by atoms with E-state index in [0.29, 0.717) is 24.1 Å². The van der Waals surface area contributed by atoms with E-state index in [9.17, 15) is 4.79 Å². The lowest BCUT2D eigenvalue weighted by atomic mass is 10.1. The van der Waals surface area contributed by atoms with Gasteiger partial charge in [0.2, 0.25) is 11.1 Å². The third kappa shape index (κ3) is 4.55. The van der Waals surface area contributed by atoms with E-state index in [1.54, 1.807) is 0 Å². The van der Waals surface area contributed by atoms with Crippen LogP contribution in [0, 0.1) is 6.92 Å². The standard InChI is InChI=1S/C21H23ClN6OS/c1-15-5-7-16(8-6-15)20-24-25-21(28(20)23)30-14-19(29)27-11-9-26(10-12-27)18-4-2-3-17(22)13-18/h2-8,13H,9-12,14,23H2,1H3. The predicted molar refractivity (Wildman–Crippen MR) is 121 cm³/mol. The summed E-state index contributed by atoms with van der Waals surface area (Å²) < 4.78 is 1.44. The minimum atomic E-state index is 0.0747. The maximum absolute atomic E-state index is 12.7. The number of thioether (sulfide) groups is 1. The quantitative estimate of drug-likeness (QED) is 0.483. The Morgan fingerprint density at radius 3 is 2.53 bits per heavy atom. The molecular weight excluding hydrogens is 420 g/mol. The lowest BCUT2D eigenvalue weighted by molar-refractivity contribution is -0.128. The highest BCUT2D eigenvalue weighted by atomic mass is 35.5. The number of amides is 1. The third-order valence-corrected chi connectivity index (χ3v) is 6.27. The average molecular weight is 443 g/mol. The highest BCUT2D eigenvalue weighted by Gasteiger charge is 2.22. The molecule has 0 radical (unpaired) electrons. The average Bonchev–Trinajstić information content (AvgIpc) is 3.13. The largest absolute Gasteiger partial charge is 0.368 e. The minimum absolute atomic E-state index is 0.0747. The lowest BCUT2D eigenvalue weighted by Gasteiger charge is -2.36. The van der Waals surface area contributed by atoms with Crippen molar-refractivity contribution in [1.82, 2.24) is 19.8 Å². The highest BCUT2D eigenvalue weighted by molar-refractivity contribution is 7.99. The first-order valence-electron chi connectivity index (χ1n) is 9.70. The summed E-state index contributed by atoms with van der Waals surface area (Å²) >= 11 is 7.39. The first kappa shape index (κ1) is 20.6. The zero-order valence-corrected chi connectivity index (χ0v) is 18.2. The Labute approximate surface area is 184 Å². The van der Waals surface area contributed by atoms with Crippen molar-refractivity contribution in [1.29, 1.82) is 0 Å². The summed E-state index contributed by atoms with van der Waals surface area (Å²) in [5.41, 5.74) is 3.15. The first-order chi connectivity index (χ1) is 14.5. The highest BCUT2D eigenvalue weighted by Crippen LogP contribution is 2.23. The van der Waals surface area contributed by atoms with Gasteiger partial charge in [0.1, 0.15) is 0 Å². The summed E-state index contributed by atoms with van der Waals surface area (Å²) in [4.78, 5) is 16.8. The van der Waals surface area contributed by atoms with Crippen LogP contribution < -0.4 is 10.7 Å². The van der Waals surface area contributed by atoms with Crippen LogP contribution in [0.5, 0.6) is 0 Å². The van der Waals surface area contributed by atoms with Crippen LogP contribution in [0.25, 0.3) is 11.4 Å². The second kappa shape index (κ2) is 8.97. The van der Waals surface area contributed by atoms with Crippen molar-refractivity contribution < 1.29 is 4.79 Å². The Bertz CT molecular complexity index is 1030. The Hall–Kier alpha value is -2.71. The monoisotopic (exact) mass is 442 g/mol. The number of piperazine rings is 1. The van der Waals surface area contributed by atoms with Crippen LogP contribution in [0.1, 0.15) is 5.56 Å². The van der Waals surface area contributed by atoms with Gasteiger partial charge in [0, 0.05) is 42.5 Å². The Morgan fingerprint density at radius 1 is 1.10 bits per heavy atom. The van der Waals surface area contributed by atoms with Crippen LogP contribution in [0.15, 0.2) is 53.7 Å². The van der Waals surface area contributed by atoms with Crippen molar-refractivity contribution >= 4 is 35.0 Å². The zero-order chi connectivity index (χ0) is 21.1. The van der Waals surface area contributed by atoms with E-state index >= 15 is 0 Å². The number of nitrogen functional groups attached to an aromatic ring is 1. The SMILES string of the molecule is Cc1ccc(-c2nnc(SCC(=O)N3CCN(c4cccc(Cl)c4)CC3)n2N)cc1. The Balaban J connectivity index is 1.32. The van der Waals surface area contributed by atoms with Gasteiger partial charge in [-0.2, -0.15) is 0 Å². The number of hydrogen-bond donors (Lipinski definition) is 1. The number of anilines is 1. The predicted octanol–water partition coefficient (Wildman–Crippen LogP) is 3.06. The number of carbonyl (C=O) groups excluding carboxylic acids is 1. The molecule has 1 saturated heterocycles. The number of aryl methyl sites for hydroxylation is 1. The van der Waals surface area contributed by atoms with Crippen LogP contribution in [0.4, 0.5) is 5.69 Å². The van der Waals surface area contributed by atoms with Crippen molar-refractivity contribution in [2.45, 2.75) is 12.1 Å². The maximum Gasteiger partial charge on any atom is 0.233 e. The van der Waals surface area contributed by atoms with Crippen molar-refractivity contribution in [2.75, 3.05) is 42.7 Å².